The highest BCUT2D eigenvalue weighted by atomic mass is 19.1. The van der Waals surface area contributed by atoms with Crippen LogP contribution < -0.4 is 5.32 Å². The van der Waals surface area contributed by atoms with E-state index in [-0.39, 0.29) is 23.7 Å². The maximum absolute atomic E-state index is 14.1. The lowest BCUT2D eigenvalue weighted by molar-refractivity contribution is -0.129. The zero-order chi connectivity index (χ0) is 21.7. The van der Waals surface area contributed by atoms with Crippen LogP contribution in [0.1, 0.15) is 55.1 Å². The van der Waals surface area contributed by atoms with Crippen molar-refractivity contribution >= 4 is 22.7 Å². The molecule has 0 spiro atoms. The number of amides is 2. The molecule has 2 amide bonds. The minimum Gasteiger partial charge on any atom is -0.350 e. The zero-order valence-corrected chi connectivity index (χ0v) is 18.3. The zero-order valence-electron chi connectivity index (χ0n) is 18.3. The molecule has 166 valence electrons. The topological polar surface area (TPSA) is 68.4 Å². The van der Waals surface area contributed by atoms with Crippen LogP contribution in [0.3, 0.4) is 0 Å². The van der Waals surface area contributed by atoms with Gasteiger partial charge in [0.15, 0.2) is 0 Å². The summed E-state index contributed by atoms with van der Waals surface area (Å²) >= 11 is 0. The number of hydrogen-bond acceptors (Lipinski definition) is 3. The lowest BCUT2D eigenvalue weighted by Crippen LogP contribution is -2.46. The minimum absolute atomic E-state index is 0.118. The molecular formula is C24H31FN4O2. The standard InChI is InChI=1S/C24H31FN4O2/c1-14-6-7-20(25)19-11-21(27-23(14)19)24(31)26-17-4-3-5-18(10-17)28-12-16-8-9-29(15(2)30)22(16)13-28/h6-7,11,16-18,22,27H,3-5,8-10,12-13H2,1-2H3,(H,26,31)/t16-,17-,18-,22+/m1/s1. The molecule has 3 heterocycles. The molecule has 3 fully saturated rings. The number of aromatic nitrogens is 1. The summed E-state index contributed by atoms with van der Waals surface area (Å²) in [6.07, 6.45) is 5.22. The largest absolute Gasteiger partial charge is 0.350 e. The van der Waals surface area contributed by atoms with Gasteiger partial charge < -0.3 is 15.2 Å². The van der Waals surface area contributed by atoms with E-state index in [9.17, 15) is 14.0 Å². The Kier molecular flexibility index (Phi) is 5.24. The van der Waals surface area contributed by atoms with E-state index in [2.05, 4.69) is 15.2 Å². The molecule has 2 aliphatic heterocycles. The van der Waals surface area contributed by atoms with Crippen molar-refractivity contribution in [1.29, 1.82) is 0 Å². The molecule has 1 saturated carbocycles. The Morgan fingerprint density at radius 3 is 2.81 bits per heavy atom. The van der Waals surface area contributed by atoms with Crippen molar-refractivity contribution in [3.63, 3.8) is 0 Å². The van der Waals surface area contributed by atoms with Gasteiger partial charge in [0.2, 0.25) is 5.91 Å². The highest BCUT2D eigenvalue weighted by Crippen LogP contribution is 2.35. The van der Waals surface area contributed by atoms with Gasteiger partial charge in [-0.25, -0.2) is 4.39 Å². The third-order valence-corrected chi connectivity index (χ3v) is 7.67. The first kappa shape index (κ1) is 20.5. The first-order valence-electron chi connectivity index (χ1n) is 11.5. The predicted octanol–water partition coefficient (Wildman–Crippen LogP) is 3.21. The number of nitrogens with one attached hydrogen (secondary N) is 2. The van der Waals surface area contributed by atoms with Crippen LogP contribution in [0.2, 0.25) is 0 Å². The number of halogens is 1. The van der Waals surface area contributed by atoms with Crippen LogP contribution >= 0.6 is 0 Å². The van der Waals surface area contributed by atoms with E-state index in [0.29, 0.717) is 34.6 Å². The quantitative estimate of drug-likeness (QED) is 0.792. The summed E-state index contributed by atoms with van der Waals surface area (Å²) in [5, 5.41) is 3.65. The van der Waals surface area contributed by atoms with Gasteiger partial charge in [-0.1, -0.05) is 6.07 Å². The fourth-order valence-corrected chi connectivity index (χ4v) is 6.02. The van der Waals surface area contributed by atoms with E-state index in [0.717, 1.165) is 57.3 Å². The van der Waals surface area contributed by atoms with Crippen molar-refractivity contribution in [2.45, 2.75) is 64.1 Å². The molecule has 2 N–H and O–H groups in total. The van der Waals surface area contributed by atoms with E-state index < -0.39 is 0 Å². The van der Waals surface area contributed by atoms with Crippen LogP contribution in [0.4, 0.5) is 4.39 Å². The molecule has 1 aromatic carbocycles. The van der Waals surface area contributed by atoms with Crippen LogP contribution in [0, 0.1) is 18.7 Å². The van der Waals surface area contributed by atoms with E-state index in [1.165, 1.54) is 6.07 Å². The minimum atomic E-state index is -0.312. The average molecular weight is 427 g/mol. The maximum Gasteiger partial charge on any atom is 0.267 e. The van der Waals surface area contributed by atoms with Crippen molar-refractivity contribution in [1.82, 2.24) is 20.1 Å². The van der Waals surface area contributed by atoms with Gasteiger partial charge in [0.05, 0.1) is 5.52 Å². The van der Waals surface area contributed by atoms with Crippen molar-refractivity contribution in [2.75, 3.05) is 19.6 Å². The van der Waals surface area contributed by atoms with Gasteiger partial charge >= 0.3 is 0 Å². The van der Waals surface area contributed by atoms with Gasteiger partial charge in [0, 0.05) is 50.1 Å². The molecule has 31 heavy (non-hydrogen) atoms. The molecular weight excluding hydrogens is 395 g/mol. The van der Waals surface area contributed by atoms with Crippen LogP contribution in [0.25, 0.3) is 10.9 Å². The highest BCUT2D eigenvalue weighted by Gasteiger charge is 2.44. The molecule has 4 atom stereocenters. The van der Waals surface area contributed by atoms with Gasteiger partial charge in [0.25, 0.3) is 5.91 Å². The number of H-pyrrole nitrogens is 1. The maximum atomic E-state index is 14.1. The van der Waals surface area contributed by atoms with Crippen LogP contribution in [0.15, 0.2) is 18.2 Å². The van der Waals surface area contributed by atoms with Crippen LogP contribution in [-0.2, 0) is 4.79 Å². The number of aromatic amines is 1. The second-order valence-electron chi connectivity index (χ2n) is 9.61. The summed E-state index contributed by atoms with van der Waals surface area (Å²) in [7, 11) is 0. The first-order valence-corrected chi connectivity index (χ1v) is 11.5. The van der Waals surface area contributed by atoms with Crippen LogP contribution in [0.5, 0.6) is 0 Å². The molecule has 2 saturated heterocycles. The Bertz CT molecular complexity index is 979. The first-order chi connectivity index (χ1) is 14.9. The third kappa shape index (κ3) is 3.73. The van der Waals surface area contributed by atoms with E-state index in [1.54, 1.807) is 19.1 Å². The molecule has 1 aliphatic carbocycles. The summed E-state index contributed by atoms with van der Waals surface area (Å²) in [6, 6.07) is 5.70. The van der Waals surface area contributed by atoms with E-state index in [1.807, 2.05) is 11.8 Å². The summed E-state index contributed by atoms with van der Waals surface area (Å²) in [4.78, 5) is 32.5. The Balaban J connectivity index is 1.23. The van der Waals surface area contributed by atoms with Gasteiger partial charge in [-0.15, -0.1) is 0 Å². The number of aryl methyl sites for hydroxylation is 1. The number of carbonyl (C=O) groups excluding carboxylic acids is 2. The fraction of sp³-hybridized carbons (Fsp3) is 0.583. The van der Waals surface area contributed by atoms with E-state index >= 15 is 0 Å². The number of nitrogens with zero attached hydrogens (tertiary/aromatic N) is 2. The number of rotatable bonds is 3. The smallest absolute Gasteiger partial charge is 0.267 e. The highest BCUT2D eigenvalue weighted by molar-refractivity contribution is 5.99. The Labute approximate surface area is 182 Å². The summed E-state index contributed by atoms with van der Waals surface area (Å²) in [5.41, 5.74) is 2.02. The molecule has 5 rings (SSSR count). The number of likely N-dealkylation sites (tertiary alicyclic amines) is 2. The van der Waals surface area contributed by atoms with Crippen molar-refractivity contribution in [2.24, 2.45) is 5.92 Å². The van der Waals surface area contributed by atoms with Crippen molar-refractivity contribution < 1.29 is 14.0 Å². The van der Waals surface area contributed by atoms with E-state index in [4.69, 9.17) is 0 Å². The van der Waals surface area contributed by atoms with Gasteiger partial charge in [-0.3, -0.25) is 14.5 Å². The molecule has 6 nitrogen and oxygen atoms in total. The number of fused-ring (bicyclic) bond motifs is 2. The molecule has 2 aromatic rings. The second-order valence-corrected chi connectivity index (χ2v) is 9.61. The molecule has 0 radical (unpaired) electrons. The van der Waals surface area contributed by atoms with Gasteiger partial charge in [0.1, 0.15) is 11.5 Å². The number of benzene rings is 1. The Morgan fingerprint density at radius 2 is 2.03 bits per heavy atom. The Morgan fingerprint density at radius 1 is 1.19 bits per heavy atom. The molecule has 7 heteroatoms. The summed E-state index contributed by atoms with van der Waals surface area (Å²) in [6.45, 7) is 6.49. The molecule has 1 aromatic heterocycles. The average Bonchev–Trinajstić information content (AvgIpc) is 3.44. The monoisotopic (exact) mass is 426 g/mol. The lowest BCUT2D eigenvalue weighted by atomic mass is 9.90. The lowest BCUT2D eigenvalue weighted by Gasteiger charge is -2.36. The number of hydrogen-bond donors (Lipinski definition) is 2. The predicted molar refractivity (Wildman–Crippen MR) is 117 cm³/mol. The van der Waals surface area contributed by atoms with Gasteiger partial charge in [-0.05, 0) is 62.6 Å². The number of carbonyl (C=O) groups is 2. The SMILES string of the molecule is CC(=O)N1CC[C@@H]2CN([C@@H]3CCC[C@@H](NC(=O)c4cc5c(F)ccc(C)c5[nH]4)C3)C[C@@H]21. The molecule has 3 aliphatic rings. The fourth-order valence-electron chi connectivity index (χ4n) is 6.02. The third-order valence-electron chi connectivity index (χ3n) is 7.67. The summed E-state index contributed by atoms with van der Waals surface area (Å²) < 4.78 is 14.1. The van der Waals surface area contributed by atoms with Crippen molar-refractivity contribution in [3.8, 4) is 0 Å². The summed E-state index contributed by atoms with van der Waals surface area (Å²) in [5.74, 6) is 0.297. The Hall–Kier alpha value is -2.41. The normalized spacial score (nSPS) is 28.8. The molecule has 0 bridgehead atoms. The van der Waals surface area contributed by atoms with Crippen LogP contribution in [-0.4, -0.2) is 64.4 Å². The van der Waals surface area contributed by atoms with Crippen molar-refractivity contribution in [3.05, 3.63) is 35.3 Å². The van der Waals surface area contributed by atoms with Gasteiger partial charge in [-0.2, -0.15) is 0 Å². The molecule has 0 unspecified atom stereocenters. The second kappa shape index (κ2) is 7.93.